The van der Waals surface area contributed by atoms with Gasteiger partial charge in [-0.1, -0.05) is 49.4 Å². The van der Waals surface area contributed by atoms with Crippen LogP contribution in [0.25, 0.3) is 33.1 Å². The molecule has 0 aliphatic carbocycles. The van der Waals surface area contributed by atoms with Gasteiger partial charge in [0.25, 0.3) is 0 Å². The molecule has 0 atom stereocenters. The summed E-state index contributed by atoms with van der Waals surface area (Å²) in [5, 5.41) is 2.41. The Balaban J connectivity index is 1.69. The van der Waals surface area contributed by atoms with E-state index in [0.29, 0.717) is 0 Å². The second-order valence-electron chi connectivity index (χ2n) is 8.85. The van der Waals surface area contributed by atoms with Gasteiger partial charge in [0.15, 0.2) is 0 Å². The SMILES string of the molecule is C=C1CCCCCN(c2ccccc2)c2cc3c4cnccc4n(-c4ccccc4)c3cc21. The largest absolute Gasteiger partial charge is 0.341 e. The lowest BCUT2D eigenvalue weighted by atomic mass is 9.98. The second kappa shape index (κ2) is 8.25. The maximum absolute atomic E-state index is 4.54. The number of pyridine rings is 1. The molecule has 0 unspecified atom stereocenters. The van der Waals surface area contributed by atoms with Crippen molar-refractivity contribution in [1.82, 2.24) is 9.55 Å². The van der Waals surface area contributed by atoms with Crippen molar-refractivity contribution in [2.75, 3.05) is 11.4 Å². The smallest absolute Gasteiger partial charge is 0.0571 e. The average Bonchev–Trinajstić information content (AvgIpc) is 3.22. The van der Waals surface area contributed by atoms with E-state index in [4.69, 9.17) is 0 Å². The fourth-order valence-corrected chi connectivity index (χ4v) is 5.18. The van der Waals surface area contributed by atoms with E-state index in [1.165, 1.54) is 63.6 Å². The minimum Gasteiger partial charge on any atom is -0.341 e. The normalized spacial score (nSPS) is 14.7. The zero-order chi connectivity index (χ0) is 22.2. The van der Waals surface area contributed by atoms with Gasteiger partial charge in [-0.25, -0.2) is 0 Å². The molecule has 3 heteroatoms. The standard InChI is InChI=1S/C30H27N3/c1-22-11-5-4-10-18-32(23-12-6-2-7-13-23)29-20-26-27-21-31-17-16-28(27)33(30(26)19-25(22)29)24-14-8-3-9-15-24/h2-3,6-9,12-17,19-21H,1,4-5,10-11,18H2. The predicted octanol–water partition coefficient (Wildman–Crippen LogP) is 7.90. The van der Waals surface area contributed by atoms with Crippen LogP contribution in [-0.2, 0) is 0 Å². The molecular formula is C30H27N3. The Morgan fingerprint density at radius 1 is 0.727 bits per heavy atom. The highest BCUT2D eigenvalue weighted by Crippen LogP contribution is 2.41. The molecule has 0 saturated heterocycles. The number of fused-ring (bicyclic) bond motifs is 4. The van der Waals surface area contributed by atoms with Crippen molar-refractivity contribution in [3.63, 3.8) is 0 Å². The van der Waals surface area contributed by atoms with Crippen LogP contribution in [0.15, 0.2) is 97.8 Å². The molecule has 0 fully saturated rings. The number of nitrogens with zero attached hydrogens (tertiary/aromatic N) is 3. The third-order valence-corrected chi connectivity index (χ3v) is 6.80. The van der Waals surface area contributed by atoms with E-state index in [0.717, 1.165) is 18.7 Å². The molecule has 6 rings (SSSR count). The first-order valence-corrected chi connectivity index (χ1v) is 11.8. The van der Waals surface area contributed by atoms with Gasteiger partial charge in [-0.2, -0.15) is 0 Å². The van der Waals surface area contributed by atoms with Crippen LogP contribution >= 0.6 is 0 Å². The molecule has 0 radical (unpaired) electrons. The Morgan fingerprint density at radius 3 is 2.27 bits per heavy atom. The Morgan fingerprint density at radius 2 is 1.48 bits per heavy atom. The average molecular weight is 430 g/mol. The minimum atomic E-state index is 1.01. The van der Waals surface area contributed by atoms with Gasteiger partial charge in [0.2, 0.25) is 0 Å². The number of allylic oxidation sites excluding steroid dienone is 1. The van der Waals surface area contributed by atoms with E-state index in [-0.39, 0.29) is 0 Å². The number of para-hydroxylation sites is 2. The van der Waals surface area contributed by atoms with Crippen molar-refractivity contribution in [2.45, 2.75) is 25.7 Å². The van der Waals surface area contributed by atoms with Crippen molar-refractivity contribution >= 4 is 38.8 Å². The summed E-state index contributed by atoms with van der Waals surface area (Å²) in [7, 11) is 0. The molecule has 0 spiro atoms. The summed E-state index contributed by atoms with van der Waals surface area (Å²) in [5.41, 5.74) is 8.50. The molecule has 2 aromatic heterocycles. The third-order valence-electron chi connectivity index (χ3n) is 6.80. The number of rotatable bonds is 2. The fourth-order valence-electron chi connectivity index (χ4n) is 5.18. The lowest BCUT2D eigenvalue weighted by Crippen LogP contribution is -2.19. The van der Waals surface area contributed by atoms with Crippen molar-refractivity contribution in [2.24, 2.45) is 0 Å². The Bertz CT molecular complexity index is 1450. The molecular weight excluding hydrogens is 402 g/mol. The maximum Gasteiger partial charge on any atom is 0.0571 e. The summed E-state index contributed by atoms with van der Waals surface area (Å²) in [6.07, 6.45) is 8.50. The number of hydrogen-bond acceptors (Lipinski definition) is 2. The van der Waals surface area contributed by atoms with E-state index >= 15 is 0 Å². The van der Waals surface area contributed by atoms with Gasteiger partial charge >= 0.3 is 0 Å². The van der Waals surface area contributed by atoms with Gasteiger partial charge in [0.1, 0.15) is 0 Å². The van der Waals surface area contributed by atoms with Crippen molar-refractivity contribution in [3.8, 4) is 5.69 Å². The Labute approximate surface area is 194 Å². The molecule has 0 N–H and O–H groups in total. The van der Waals surface area contributed by atoms with Crippen LogP contribution in [0.4, 0.5) is 11.4 Å². The molecule has 5 aromatic rings. The van der Waals surface area contributed by atoms with Gasteiger partial charge in [-0.3, -0.25) is 4.98 Å². The third kappa shape index (κ3) is 3.41. The highest BCUT2D eigenvalue weighted by Gasteiger charge is 2.21. The summed E-state index contributed by atoms with van der Waals surface area (Å²) < 4.78 is 2.36. The summed E-state index contributed by atoms with van der Waals surface area (Å²) in [4.78, 5) is 6.96. The topological polar surface area (TPSA) is 21.1 Å². The number of hydrogen-bond donors (Lipinski definition) is 0. The van der Waals surface area contributed by atoms with E-state index in [1.807, 2.05) is 12.4 Å². The first-order valence-electron chi connectivity index (χ1n) is 11.8. The number of benzene rings is 3. The maximum atomic E-state index is 4.54. The lowest BCUT2D eigenvalue weighted by molar-refractivity contribution is 0.698. The fraction of sp³-hybridized carbons (Fsp3) is 0.167. The highest BCUT2D eigenvalue weighted by atomic mass is 15.1. The van der Waals surface area contributed by atoms with Crippen LogP contribution in [0.3, 0.4) is 0 Å². The molecule has 1 aliphatic heterocycles. The van der Waals surface area contributed by atoms with Gasteiger partial charge in [0, 0.05) is 52.3 Å². The van der Waals surface area contributed by atoms with E-state index < -0.39 is 0 Å². The first kappa shape index (κ1) is 19.8. The molecule has 1 aliphatic rings. The van der Waals surface area contributed by atoms with Gasteiger partial charge in [-0.05, 0) is 67.3 Å². The Hall–Kier alpha value is -3.85. The van der Waals surface area contributed by atoms with E-state index in [2.05, 4.69) is 99.9 Å². The van der Waals surface area contributed by atoms with Crippen LogP contribution in [0.1, 0.15) is 31.2 Å². The van der Waals surface area contributed by atoms with Crippen LogP contribution in [0, 0.1) is 0 Å². The lowest BCUT2D eigenvalue weighted by Gasteiger charge is -2.27. The first-order chi connectivity index (χ1) is 16.3. The monoisotopic (exact) mass is 429 g/mol. The molecule has 3 aromatic carbocycles. The molecule has 33 heavy (non-hydrogen) atoms. The summed E-state index contributed by atoms with van der Waals surface area (Å²) in [6.45, 7) is 5.55. The predicted molar refractivity (Wildman–Crippen MR) is 140 cm³/mol. The molecule has 0 bridgehead atoms. The van der Waals surface area contributed by atoms with Crippen LogP contribution in [0.5, 0.6) is 0 Å². The Kier molecular flexibility index (Phi) is 4.95. The molecule has 3 nitrogen and oxygen atoms in total. The molecule has 0 saturated carbocycles. The number of aromatic nitrogens is 2. The summed E-state index contributed by atoms with van der Waals surface area (Å²) >= 11 is 0. The highest BCUT2D eigenvalue weighted by molar-refractivity contribution is 6.11. The van der Waals surface area contributed by atoms with Crippen LogP contribution in [0.2, 0.25) is 0 Å². The van der Waals surface area contributed by atoms with Crippen molar-refractivity contribution in [3.05, 3.63) is 103 Å². The van der Waals surface area contributed by atoms with Crippen molar-refractivity contribution in [1.29, 1.82) is 0 Å². The zero-order valence-electron chi connectivity index (χ0n) is 18.7. The molecule has 0 amide bonds. The summed E-state index contributed by atoms with van der Waals surface area (Å²) in [5.74, 6) is 0. The van der Waals surface area contributed by atoms with Gasteiger partial charge in [-0.15, -0.1) is 0 Å². The quantitative estimate of drug-likeness (QED) is 0.284. The number of anilines is 2. The van der Waals surface area contributed by atoms with Crippen LogP contribution in [-0.4, -0.2) is 16.1 Å². The van der Waals surface area contributed by atoms with Gasteiger partial charge < -0.3 is 9.47 Å². The minimum absolute atomic E-state index is 1.01. The van der Waals surface area contributed by atoms with Crippen molar-refractivity contribution < 1.29 is 0 Å². The second-order valence-corrected chi connectivity index (χ2v) is 8.85. The van der Waals surface area contributed by atoms with Gasteiger partial charge in [0.05, 0.1) is 11.0 Å². The molecule has 3 heterocycles. The zero-order valence-corrected chi connectivity index (χ0v) is 18.7. The summed E-state index contributed by atoms with van der Waals surface area (Å²) in [6, 6.07) is 28.2. The van der Waals surface area contributed by atoms with E-state index in [9.17, 15) is 0 Å². The van der Waals surface area contributed by atoms with Crippen LogP contribution < -0.4 is 4.90 Å². The van der Waals surface area contributed by atoms with E-state index in [1.54, 1.807) is 0 Å². The molecule has 162 valence electrons.